The van der Waals surface area contributed by atoms with E-state index in [1.54, 1.807) is 20.8 Å². The first kappa shape index (κ1) is 29.4. The molecule has 4 atom stereocenters. The summed E-state index contributed by atoms with van der Waals surface area (Å²) in [5.74, 6) is -0.415. The fourth-order valence-corrected chi connectivity index (χ4v) is 9.14. The Labute approximate surface area is 210 Å². The van der Waals surface area contributed by atoms with Crippen LogP contribution in [-0.2, 0) is 23.1 Å². The Morgan fingerprint density at radius 3 is 2.12 bits per heavy atom. The summed E-state index contributed by atoms with van der Waals surface area (Å²) >= 11 is 1.51. The van der Waals surface area contributed by atoms with Crippen molar-refractivity contribution in [1.29, 1.82) is 0 Å². The van der Waals surface area contributed by atoms with Gasteiger partial charge in [0.05, 0.1) is 31.2 Å². The maximum absolute atomic E-state index is 13.9. The van der Waals surface area contributed by atoms with Crippen molar-refractivity contribution in [2.24, 2.45) is 11.8 Å². The highest BCUT2D eigenvalue weighted by Gasteiger charge is 2.50. The molecule has 0 radical (unpaired) electrons. The highest BCUT2D eigenvalue weighted by atomic mass is 32.2. The molecule has 0 heterocycles. The first-order valence-corrected chi connectivity index (χ1v) is 15.3. The fraction of sp³-hybridized carbons (Fsp3) is 0.731. The van der Waals surface area contributed by atoms with Crippen LogP contribution in [0.3, 0.4) is 0 Å². The summed E-state index contributed by atoms with van der Waals surface area (Å²) in [6, 6.07) is 9.93. The van der Waals surface area contributed by atoms with E-state index in [1.165, 1.54) is 18.2 Å². The van der Waals surface area contributed by atoms with Crippen molar-refractivity contribution < 1.29 is 28.3 Å². The lowest BCUT2D eigenvalue weighted by Crippen LogP contribution is -2.40. The van der Waals surface area contributed by atoms with Crippen molar-refractivity contribution in [3.63, 3.8) is 0 Å². The van der Waals surface area contributed by atoms with Crippen molar-refractivity contribution >= 4 is 25.3 Å². The van der Waals surface area contributed by atoms with Gasteiger partial charge < -0.3 is 18.9 Å². The second-order valence-corrected chi connectivity index (χ2v) is 12.6. The van der Waals surface area contributed by atoms with E-state index >= 15 is 0 Å². The van der Waals surface area contributed by atoms with Crippen LogP contribution in [0.5, 0.6) is 0 Å². The molecule has 0 spiro atoms. The number of hydrogen-bond acceptors (Lipinski definition) is 7. The van der Waals surface area contributed by atoms with Gasteiger partial charge in [0.15, 0.2) is 5.66 Å². The Hall–Kier alpha value is -0.850. The summed E-state index contributed by atoms with van der Waals surface area (Å²) in [5, 5.41) is 10.9. The molecule has 0 saturated heterocycles. The molecule has 194 valence electrons. The zero-order chi connectivity index (χ0) is 25.1. The summed E-state index contributed by atoms with van der Waals surface area (Å²) in [6.07, 6.45) is 4.87. The van der Waals surface area contributed by atoms with E-state index in [0.29, 0.717) is 0 Å². The maximum atomic E-state index is 13.9. The molecule has 4 unspecified atom stereocenters. The predicted molar refractivity (Wildman–Crippen MR) is 139 cm³/mol. The SMILES string of the molecule is CCOC(=O)C(C(SC(c1ccccc1)C(O)C1CCCCC1)C(C)C)P(=O)(OCC)OCC. The Morgan fingerprint density at radius 2 is 1.62 bits per heavy atom. The van der Waals surface area contributed by atoms with Crippen molar-refractivity contribution in [1.82, 2.24) is 0 Å². The molecular formula is C26H43O6PS. The second kappa shape index (κ2) is 14.6. The van der Waals surface area contributed by atoms with Gasteiger partial charge in [0, 0.05) is 5.25 Å². The van der Waals surface area contributed by atoms with E-state index in [1.807, 2.05) is 44.2 Å². The number of ether oxygens (including phenoxy) is 1. The van der Waals surface area contributed by atoms with Crippen LogP contribution in [0, 0.1) is 11.8 Å². The summed E-state index contributed by atoms with van der Waals surface area (Å²) in [6.45, 7) is 9.72. The smallest absolute Gasteiger partial charge is 0.346 e. The fourth-order valence-electron chi connectivity index (χ4n) is 4.72. The van der Waals surface area contributed by atoms with Crippen LogP contribution < -0.4 is 0 Å². The molecule has 1 aromatic carbocycles. The molecule has 1 saturated carbocycles. The molecule has 0 amide bonds. The lowest BCUT2D eigenvalue weighted by atomic mass is 9.83. The van der Waals surface area contributed by atoms with E-state index in [9.17, 15) is 14.5 Å². The van der Waals surface area contributed by atoms with Gasteiger partial charge in [-0.05, 0) is 51.0 Å². The molecule has 1 aliphatic rings. The van der Waals surface area contributed by atoms with Gasteiger partial charge >= 0.3 is 13.6 Å². The second-order valence-electron chi connectivity index (χ2n) is 9.14. The highest BCUT2D eigenvalue weighted by molar-refractivity contribution is 8.00. The number of carbonyl (C=O) groups is 1. The number of hydrogen-bond donors (Lipinski definition) is 1. The van der Waals surface area contributed by atoms with E-state index in [0.717, 1.165) is 31.2 Å². The lowest BCUT2D eigenvalue weighted by molar-refractivity contribution is -0.143. The normalized spacial score (nSPS) is 18.9. The number of carbonyl (C=O) groups excluding carboxylic acids is 1. The van der Waals surface area contributed by atoms with Gasteiger partial charge in [0.25, 0.3) is 0 Å². The third-order valence-corrected chi connectivity index (χ3v) is 11.0. The average Bonchev–Trinajstić information content (AvgIpc) is 2.82. The summed E-state index contributed by atoms with van der Waals surface area (Å²) < 4.78 is 30.6. The van der Waals surface area contributed by atoms with Gasteiger partial charge in [0.2, 0.25) is 0 Å². The molecule has 0 bridgehead atoms. The van der Waals surface area contributed by atoms with Gasteiger partial charge in [-0.3, -0.25) is 9.36 Å². The number of rotatable bonds is 14. The minimum Gasteiger partial charge on any atom is -0.465 e. The zero-order valence-corrected chi connectivity index (χ0v) is 23.1. The highest BCUT2D eigenvalue weighted by Crippen LogP contribution is 2.59. The van der Waals surface area contributed by atoms with Gasteiger partial charge in [-0.2, -0.15) is 0 Å². The number of benzene rings is 1. The van der Waals surface area contributed by atoms with Crippen LogP contribution in [0.1, 0.15) is 77.5 Å². The predicted octanol–water partition coefficient (Wildman–Crippen LogP) is 6.62. The monoisotopic (exact) mass is 514 g/mol. The molecule has 1 aliphatic carbocycles. The van der Waals surface area contributed by atoms with Crippen LogP contribution in [0.25, 0.3) is 0 Å². The minimum atomic E-state index is -3.81. The van der Waals surface area contributed by atoms with Gasteiger partial charge in [-0.15, -0.1) is 11.8 Å². The summed E-state index contributed by atoms with van der Waals surface area (Å²) in [4.78, 5) is 13.2. The number of thioether (sulfide) groups is 1. The van der Waals surface area contributed by atoms with Crippen molar-refractivity contribution in [2.75, 3.05) is 19.8 Å². The van der Waals surface area contributed by atoms with E-state index in [4.69, 9.17) is 13.8 Å². The molecule has 0 aliphatic heterocycles. The van der Waals surface area contributed by atoms with Gasteiger partial charge in [0.1, 0.15) is 0 Å². The molecule has 6 nitrogen and oxygen atoms in total. The topological polar surface area (TPSA) is 82.1 Å². The van der Waals surface area contributed by atoms with E-state index < -0.39 is 30.6 Å². The number of aliphatic hydroxyl groups is 1. The Bertz CT molecular complexity index is 758. The van der Waals surface area contributed by atoms with E-state index in [2.05, 4.69) is 0 Å². The van der Waals surface area contributed by atoms with E-state index in [-0.39, 0.29) is 36.9 Å². The van der Waals surface area contributed by atoms with Crippen LogP contribution in [0.4, 0.5) is 0 Å². The summed E-state index contributed by atoms with van der Waals surface area (Å²) in [7, 11) is -3.81. The van der Waals surface area contributed by atoms with Crippen LogP contribution >= 0.6 is 19.4 Å². The van der Waals surface area contributed by atoms with Gasteiger partial charge in [-0.1, -0.05) is 63.4 Å². The summed E-state index contributed by atoms with van der Waals surface area (Å²) in [5.41, 5.74) is -0.0800. The Morgan fingerprint density at radius 1 is 1.03 bits per heavy atom. The first-order chi connectivity index (χ1) is 16.3. The standard InChI is InChI=1S/C26H43O6PS/c1-6-30-26(28)23(33(29,31-7-2)32-8-3)24(19(4)5)34-25(21-17-13-10-14-18-21)22(27)20-15-11-9-12-16-20/h10,13-14,17-20,22-25,27H,6-9,11-12,15-16H2,1-5H3. The van der Waals surface area contributed by atoms with Gasteiger partial charge in [-0.25, -0.2) is 0 Å². The lowest BCUT2D eigenvalue weighted by Gasteiger charge is -2.38. The minimum absolute atomic E-state index is 0.0431. The molecule has 2 rings (SSSR count). The first-order valence-electron chi connectivity index (χ1n) is 12.7. The average molecular weight is 515 g/mol. The molecule has 1 N–H and O–H groups in total. The molecule has 1 aromatic rings. The number of esters is 1. The molecule has 1 fully saturated rings. The molecule has 0 aromatic heterocycles. The van der Waals surface area contributed by atoms with Crippen molar-refractivity contribution in [3.8, 4) is 0 Å². The number of aliphatic hydroxyl groups excluding tert-OH is 1. The van der Waals surface area contributed by atoms with Crippen LogP contribution in [0.15, 0.2) is 30.3 Å². The molecular weight excluding hydrogens is 471 g/mol. The third-order valence-electron chi connectivity index (χ3n) is 6.33. The Balaban J connectivity index is 2.50. The van der Waals surface area contributed by atoms with Crippen molar-refractivity contribution in [2.45, 2.75) is 89.0 Å². The van der Waals surface area contributed by atoms with Crippen LogP contribution in [-0.4, -0.2) is 47.9 Å². The largest absolute Gasteiger partial charge is 0.465 e. The zero-order valence-electron chi connectivity index (χ0n) is 21.4. The van der Waals surface area contributed by atoms with Crippen molar-refractivity contribution in [3.05, 3.63) is 35.9 Å². The maximum Gasteiger partial charge on any atom is 0.346 e. The quantitative estimate of drug-likeness (QED) is 0.221. The van der Waals surface area contributed by atoms with Crippen LogP contribution in [0.2, 0.25) is 0 Å². The third kappa shape index (κ3) is 7.83. The Kier molecular flexibility index (Phi) is 12.7. The molecule has 8 heteroatoms. The molecule has 34 heavy (non-hydrogen) atoms.